The Morgan fingerprint density at radius 1 is 1.33 bits per heavy atom. The molecular weight excluding hydrogens is 236 g/mol. The van der Waals surface area contributed by atoms with Crippen LogP contribution in [0.4, 0.5) is 5.69 Å². The molecule has 0 saturated heterocycles. The molecule has 0 aliphatic carbocycles. The molecule has 1 rings (SSSR count). The minimum Gasteiger partial charge on any atom is -0.480 e. The molecule has 0 aliphatic heterocycles. The zero-order valence-electron chi connectivity index (χ0n) is 10.4. The van der Waals surface area contributed by atoms with Crippen LogP contribution < -0.4 is 11.1 Å². The third kappa shape index (κ3) is 6.49. The number of hydrogen-bond acceptors (Lipinski definition) is 4. The van der Waals surface area contributed by atoms with Crippen LogP contribution in [0.2, 0.25) is 0 Å². The zero-order chi connectivity index (χ0) is 14.1. The van der Waals surface area contributed by atoms with E-state index in [1.54, 1.807) is 6.92 Å². The van der Waals surface area contributed by atoms with Gasteiger partial charge in [-0.3, -0.25) is 9.59 Å². The number of benzene rings is 1. The van der Waals surface area contributed by atoms with Crippen LogP contribution in [-0.4, -0.2) is 34.7 Å². The first-order chi connectivity index (χ1) is 8.38. The van der Waals surface area contributed by atoms with Crippen molar-refractivity contribution in [1.82, 2.24) is 0 Å². The molecule has 0 saturated carbocycles. The molecular formula is C12H18N2O4. The van der Waals surface area contributed by atoms with Crippen LogP contribution in [0.5, 0.6) is 0 Å². The summed E-state index contributed by atoms with van der Waals surface area (Å²) >= 11 is 0. The van der Waals surface area contributed by atoms with Crippen LogP contribution in [-0.2, 0) is 9.59 Å². The van der Waals surface area contributed by atoms with Gasteiger partial charge in [0.05, 0.1) is 6.54 Å². The minimum absolute atomic E-state index is 0.278. The Morgan fingerprint density at radius 3 is 2.22 bits per heavy atom. The molecule has 6 nitrogen and oxygen atoms in total. The van der Waals surface area contributed by atoms with E-state index < -0.39 is 18.0 Å². The van der Waals surface area contributed by atoms with E-state index in [-0.39, 0.29) is 6.54 Å². The second-order valence-electron chi connectivity index (χ2n) is 3.62. The number of aryl methyl sites for hydroxylation is 1. The van der Waals surface area contributed by atoms with E-state index in [4.69, 9.17) is 10.2 Å². The lowest BCUT2D eigenvalue weighted by Crippen LogP contribution is -2.25. The quantitative estimate of drug-likeness (QED) is 0.635. The Bertz CT molecular complexity index is 407. The van der Waals surface area contributed by atoms with Gasteiger partial charge in [0.15, 0.2) is 0 Å². The van der Waals surface area contributed by atoms with Crippen molar-refractivity contribution in [2.45, 2.75) is 19.9 Å². The summed E-state index contributed by atoms with van der Waals surface area (Å²) in [5.74, 6) is -1.81. The highest BCUT2D eigenvalue weighted by molar-refractivity contribution is 5.77. The molecule has 0 spiro atoms. The predicted octanol–water partition coefficient (Wildman–Crippen LogP) is 0.910. The Hall–Kier alpha value is -2.08. The second-order valence-corrected chi connectivity index (χ2v) is 3.62. The average Bonchev–Trinajstić information content (AvgIpc) is 2.32. The van der Waals surface area contributed by atoms with Crippen molar-refractivity contribution in [1.29, 1.82) is 0 Å². The Morgan fingerprint density at radius 2 is 1.83 bits per heavy atom. The fourth-order valence-corrected chi connectivity index (χ4v) is 1.03. The van der Waals surface area contributed by atoms with Crippen molar-refractivity contribution in [3.63, 3.8) is 0 Å². The number of nitrogens with two attached hydrogens (primary N) is 1. The van der Waals surface area contributed by atoms with Crippen LogP contribution >= 0.6 is 0 Å². The standard InChI is InChI=1S/C10H13NO2.C2H5NO2/c1-7-5-3-4-6-9(7)11-8(2)10(12)13;3-1-2(4)5/h3-6,8,11H,1-2H3,(H,12,13);1,3H2,(H,4,5)/t8-;/m0./s1. The largest absolute Gasteiger partial charge is 0.480 e. The third-order valence-electron chi connectivity index (χ3n) is 2.06. The van der Waals surface area contributed by atoms with E-state index in [0.717, 1.165) is 11.3 Å². The number of para-hydroxylation sites is 1. The lowest BCUT2D eigenvalue weighted by molar-refractivity contribution is -0.137. The number of carbonyl (C=O) groups is 2. The van der Waals surface area contributed by atoms with Gasteiger partial charge in [0.25, 0.3) is 0 Å². The van der Waals surface area contributed by atoms with Gasteiger partial charge in [-0.1, -0.05) is 18.2 Å². The fourth-order valence-electron chi connectivity index (χ4n) is 1.03. The normalized spacial score (nSPS) is 10.8. The van der Waals surface area contributed by atoms with Gasteiger partial charge >= 0.3 is 11.9 Å². The van der Waals surface area contributed by atoms with E-state index in [0.29, 0.717) is 0 Å². The Kier molecular flexibility index (Phi) is 7.14. The first-order valence-corrected chi connectivity index (χ1v) is 5.35. The molecule has 0 amide bonds. The lowest BCUT2D eigenvalue weighted by Gasteiger charge is -2.12. The van der Waals surface area contributed by atoms with E-state index in [1.165, 1.54) is 0 Å². The van der Waals surface area contributed by atoms with Crippen LogP contribution in [0, 0.1) is 6.92 Å². The monoisotopic (exact) mass is 254 g/mol. The molecule has 100 valence electrons. The summed E-state index contributed by atoms with van der Waals surface area (Å²) in [6.07, 6.45) is 0. The number of nitrogens with one attached hydrogen (secondary N) is 1. The van der Waals surface area contributed by atoms with Gasteiger partial charge in [0, 0.05) is 5.69 Å². The summed E-state index contributed by atoms with van der Waals surface area (Å²) in [5.41, 5.74) is 6.50. The van der Waals surface area contributed by atoms with Gasteiger partial charge in [0.2, 0.25) is 0 Å². The number of rotatable bonds is 4. The molecule has 0 bridgehead atoms. The van der Waals surface area contributed by atoms with Crippen molar-refractivity contribution < 1.29 is 19.8 Å². The van der Waals surface area contributed by atoms with E-state index in [2.05, 4.69) is 11.1 Å². The maximum atomic E-state index is 10.6. The number of hydrogen-bond donors (Lipinski definition) is 4. The second kappa shape index (κ2) is 8.08. The predicted molar refractivity (Wildman–Crippen MR) is 68.6 cm³/mol. The van der Waals surface area contributed by atoms with Crippen molar-refractivity contribution in [3.8, 4) is 0 Å². The number of carboxylic acids is 2. The first kappa shape index (κ1) is 15.9. The molecule has 1 aromatic carbocycles. The van der Waals surface area contributed by atoms with Gasteiger partial charge in [-0.05, 0) is 25.5 Å². The Balaban J connectivity index is 0.000000494. The molecule has 0 unspecified atom stereocenters. The van der Waals surface area contributed by atoms with Crippen LogP contribution in [0.15, 0.2) is 24.3 Å². The minimum atomic E-state index is -0.968. The van der Waals surface area contributed by atoms with Crippen molar-refractivity contribution in [2.75, 3.05) is 11.9 Å². The van der Waals surface area contributed by atoms with Crippen molar-refractivity contribution in [3.05, 3.63) is 29.8 Å². The average molecular weight is 254 g/mol. The smallest absolute Gasteiger partial charge is 0.325 e. The molecule has 0 aliphatic rings. The van der Waals surface area contributed by atoms with Gasteiger partial charge in [-0.25, -0.2) is 0 Å². The highest BCUT2D eigenvalue weighted by atomic mass is 16.4. The summed E-state index contributed by atoms with van der Waals surface area (Å²) in [7, 11) is 0. The summed E-state index contributed by atoms with van der Waals surface area (Å²) in [5, 5.41) is 19.2. The molecule has 1 aromatic rings. The first-order valence-electron chi connectivity index (χ1n) is 5.35. The van der Waals surface area contributed by atoms with Crippen molar-refractivity contribution in [2.24, 2.45) is 5.73 Å². The molecule has 0 fully saturated rings. The molecule has 5 N–H and O–H groups in total. The SMILES string of the molecule is Cc1ccccc1N[C@@H](C)C(=O)O.NCC(=O)O. The molecule has 18 heavy (non-hydrogen) atoms. The van der Waals surface area contributed by atoms with Gasteiger partial charge in [0.1, 0.15) is 6.04 Å². The molecule has 6 heteroatoms. The number of aliphatic carboxylic acids is 2. The number of anilines is 1. The molecule has 1 atom stereocenters. The Labute approximate surface area is 105 Å². The topological polar surface area (TPSA) is 113 Å². The van der Waals surface area contributed by atoms with Gasteiger partial charge in [-0.2, -0.15) is 0 Å². The van der Waals surface area contributed by atoms with E-state index in [9.17, 15) is 9.59 Å². The van der Waals surface area contributed by atoms with Crippen molar-refractivity contribution >= 4 is 17.6 Å². The van der Waals surface area contributed by atoms with E-state index in [1.807, 2.05) is 31.2 Å². The molecule has 0 heterocycles. The molecule has 0 radical (unpaired) electrons. The highest BCUT2D eigenvalue weighted by Crippen LogP contribution is 2.13. The lowest BCUT2D eigenvalue weighted by atomic mass is 10.2. The third-order valence-corrected chi connectivity index (χ3v) is 2.06. The van der Waals surface area contributed by atoms with Crippen LogP contribution in [0.25, 0.3) is 0 Å². The maximum Gasteiger partial charge on any atom is 0.325 e. The zero-order valence-corrected chi connectivity index (χ0v) is 10.4. The van der Waals surface area contributed by atoms with E-state index >= 15 is 0 Å². The highest BCUT2D eigenvalue weighted by Gasteiger charge is 2.10. The summed E-state index contributed by atoms with van der Waals surface area (Å²) in [6, 6.07) is 7.06. The molecule has 0 aromatic heterocycles. The number of carboxylic acid groups (broad SMARTS) is 2. The fraction of sp³-hybridized carbons (Fsp3) is 0.333. The van der Waals surface area contributed by atoms with Gasteiger partial charge in [-0.15, -0.1) is 0 Å². The van der Waals surface area contributed by atoms with Gasteiger partial charge < -0.3 is 21.3 Å². The maximum absolute atomic E-state index is 10.6. The summed E-state index contributed by atoms with van der Waals surface area (Å²) in [6.45, 7) is 3.28. The van der Waals surface area contributed by atoms with Crippen LogP contribution in [0.3, 0.4) is 0 Å². The summed E-state index contributed by atoms with van der Waals surface area (Å²) in [4.78, 5) is 19.8. The summed E-state index contributed by atoms with van der Waals surface area (Å²) < 4.78 is 0. The van der Waals surface area contributed by atoms with Crippen LogP contribution in [0.1, 0.15) is 12.5 Å².